The Morgan fingerprint density at radius 3 is 2.41 bits per heavy atom. The smallest absolute Gasteiger partial charge is 0.364 e. The van der Waals surface area contributed by atoms with Crippen molar-refractivity contribution in [1.29, 1.82) is 0 Å². The Balaban J connectivity index is 1.69. The van der Waals surface area contributed by atoms with E-state index in [1.54, 1.807) is 17.1 Å². The van der Waals surface area contributed by atoms with Gasteiger partial charge in [-0.3, -0.25) is 14.7 Å². The highest BCUT2D eigenvalue weighted by Gasteiger charge is 2.42. The van der Waals surface area contributed by atoms with Gasteiger partial charge in [0.15, 0.2) is 0 Å². The third-order valence-electron chi connectivity index (χ3n) is 6.24. The molecule has 5 nitrogen and oxygen atoms in total. The van der Waals surface area contributed by atoms with Gasteiger partial charge in [0.1, 0.15) is 13.3 Å². The zero-order valence-electron chi connectivity index (χ0n) is 20.1. The molecule has 0 saturated carbocycles. The molecule has 1 unspecified atom stereocenters. The Hall–Kier alpha value is -2.88. The Morgan fingerprint density at radius 1 is 1.14 bits per heavy atom. The minimum absolute atomic E-state index is 0.0509. The van der Waals surface area contributed by atoms with Crippen molar-refractivity contribution in [2.45, 2.75) is 18.5 Å². The molecular weight excluding hydrogens is 571 g/mol. The molecule has 0 N–H and O–H groups in total. The largest absolute Gasteiger partial charge is 0.417 e. The molecule has 1 aliphatic rings. The zero-order valence-corrected chi connectivity index (χ0v) is 22.4. The van der Waals surface area contributed by atoms with Crippen LogP contribution in [0.25, 0.3) is 0 Å². The van der Waals surface area contributed by atoms with Crippen molar-refractivity contribution in [3.8, 4) is 0 Å². The van der Waals surface area contributed by atoms with Gasteiger partial charge in [0.2, 0.25) is 5.91 Å². The molecule has 0 aliphatic carbocycles. The van der Waals surface area contributed by atoms with Crippen molar-refractivity contribution in [2.24, 2.45) is 5.10 Å². The van der Waals surface area contributed by atoms with Crippen molar-refractivity contribution in [3.63, 3.8) is 0 Å². The van der Waals surface area contributed by atoms with Gasteiger partial charge in [0.05, 0.1) is 28.3 Å². The Morgan fingerprint density at radius 2 is 1.81 bits per heavy atom. The molecule has 0 bridgehead atoms. The lowest BCUT2D eigenvalue weighted by molar-refractivity contribution is -0.137. The van der Waals surface area contributed by atoms with Crippen LogP contribution in [0.5, 0.6) is 0 Å². The fourth-order valence-electron chi connectivity index (χ4n) is 4.40. The van der Waals surface area contributed by atoms with Gasteiger partial charge in [-0.2, -0.15) is 18.3 Å². The number of carbonyl (C=O) groups excluding carboxylic acids is 1. The molecule has 0 aromatic heterocycles. The Kier molecular flexibility index (Phi) is 7.96. The van der Waals surface area contributed by atoms with Gasteiger partial charge < -0.3 is 4.74 Å². The summed E-state index contributed by atoms with van der Waals surface area (Å²) in [4.78, 5) is 14.9. The number of ether oxygens (including phenoxy) is 1. The zero-order chi connectivity index (χ0) is 26.8. The second-order valence-electron chi connectivity index (χ2n) is 8.88. The number of halogens is 5. The first-order valence-corrected chi connectivity index (χ1v) is 12.5. The second-order valence-corrected chi connectivity index (χ2v) is 10.2. The molecule has 1 heterocycles. The maximum Gasteiger partial charge on any atom is 0.417 e. The third-order valence-corrected chi connectivity index (χ3v) is 7.08. The van der Waals surface area contributed by atoms with E-state index in [4.69, 9.17) is 21.4 Å². The summed E-state index contributed by atoms with van der Waals surface area (Å²) in [6.45, 7) is 2.30. The summed E-state index contributed by atoms with van der Waals surface area (Å²) in [5.41, 5.74) is 0.966. The average Bonchev–Trinajstić information content (AvgIpc) is 3.19. The summed E-state index contributed by atoms with van der Waals surface area (Å²) in [5.74, 6) is -0.241. The lowest BCUT2D eigenvalue weighted by atomic mass is 9.76. The molecule has 4 rings (SSSR count). The van der Waals surface area contributed by atoms with Crippen LogP contribution in [0.1, 0.15) is 23.6 Å². The molecule has 1 aliphatic heterocycles. The molecule has 0 fully saturated rings. The summed E-state index contributed by atoms with van der Waals surface area (Å²) >= 11 is 9.43. The topological polar surface area (TPSA) is 45.1 Å². The van der Waals surface area contributed by atoms with E-state index in [1.165, 1.54) is 24.1 Å². The predicted molar refractivity (Wildman–Crippen MR) is 142 cm³/mol. The fraction of sp³-hybridized carbons (Fsp3) is 0.259. The van der Waals surface area contributed by atoms with Crippen LogP contribution in [-0.2, 0) is 21.1 Å². The first-order chi connectivity index (χ1) is 17.5. The van der Waals surface area contributed by atoms with Gasteiger partial charge in [-0.05, 0) is 48.9 Å². The molecule has 1 amide bonds. The van der Waals surface area contributed by atoms with Crippen molar-refractivity contribution in [3.05, 3.63) is 99.0 Å². The number of rotatable bonds is 7. The summed E-state index contributed by atoms with van der Waals surface area (Å²) < 4.78 is 46.0. The first kappa shape index (κ1) is 27.2. The highest BCUT2D eigenvalue weighted by atomic mass is 79.9. The van der Waals surface area contributed by atoms with Crippen molar-refractivity contribution >= 4 is 44.8 Å². The second kappa shape index (κ2) is 10.8. The standard InChI is InChI=1S/C27H24BrClF3N3O2/c1-26(19-6-4-3-5-7-19)16-34(15-24(36)35(17-37-2)21-11-9-20(28)10-12-21)33-25(26)18-8-13-22(23(29)14-18)27(30,31)32/h3-14H,15-17H2,1-2H3. The maximum absolute atomic E-state index is 13.4. The Bertz CT molecular complexity index is 1300. The van der Waals surface area contributed by atoms with E-state index >= 15 is 0 Å². The average molecular weight is 595 g/mol. The first-order valence-electron chi connectivity index (χ1n) is 11.3. The van der Waals surface area contributed by atoms with Gasteiger partial charge in [-0.15, -0.1) is 0 Å². The van der Waals surface area contributed by atoms with E-state index in [1.807, 2.05) is 49.4 Å². The Labute approximate surface area is 226 Å². The lowest BCUT2D eigenvalue weighted by Gasteiger charge is -2.28. The molecule has 0 saturated heterocycles. The van der Waals surface area contributed by atoms with E-state index in [-0.39, 0.29) is 19.2 Å². The predicted octanol–water partition coefficient (Wildman–Crippen LogP) is 6.74. The number of nitrogens with zero attached hydrogens (tertiary/aromatic N) is 3. The normalized spacial score (nSPS) is 17.6. The molecule has 3 aromatic carbocycles. The number of benzene rings is 3. The van der Waals surface area contributed by atoms with Crippen molar-refractivity contribution < 1.29 is 22.7 Å². The van der Waals surface area contributed by atoms with E-state index in [0.29, 0.717) is 23.5 Å². The monoisotopic (exact) mass is 593 g/mol. The fourth-order valence-corrected chi connectivity index (χ4v) is 4.96. The quantitative estimate of drug-likeness (QED) is 0.285. The highest BCUT2D eigenvalue weighted by Crippen LogP contribution is 2.39. The number of alkyl halides is 3. The molecule has 1 atom stereocenters. The van der Waals surface area contributed by atoms with Crippen LogP contribution in [0.15, 0.2) is 82.4 Å². The highest BCUT2D eigenvalue weighted by molar-refractivity contribution is 9.10. The van der Waals surface area contributed by atoms with Gasteiger partial charge in [0.25, 0.3) is 0 Å². The summed E-state index contributed by atoms with van der Waals surface area (Å²) in [5, 5.41) is 5.96. The van der Waals surface area contributed by atoms with Crippen LogP contribution in [0.3, 0.4) is 0 Å². The summed E-state index contributed by atoms with van der Waals surface area (Å²) in [6.07, 6.45) is -4.56. The summed E-state index contributed by atoms with van der Waals surface area (Å²) in [7, 11) is 1.51. The van der Waals surface area contributed by atoms with E-state index in [0.717, 1.165) is 16.1 Å². The third kappa shape index (κ3) is 5.84. The molecule has 194 valence electrons. The van der Waals surface area contributed by atoms with Crippen molar-refractivity contribution in [1.82, 2.24) is 5.01 Å². The van der Waals surface area contributed by atoms with Gasteiger partial charge in [-0.1, -0.05) is 63.9 Å². The molecule has 0 radical (unpaired) electrons. The van der Waals surface area contributed by atoms with Crippen LogP contribution in [0.2, 0.25) is 5.02 Å². The van der Waals surface area contributed by atoms with Gasteiger partial charge in [-0.25, -0.2) is 0 Å². The van der Waals surface area contributed by atoms with Crippen LogP contribution in [0, 0.1) is 0 Å². The van der Waals surface area contributed by atoms with E-state index in [9.17, 15) is 18.0 Å². The number of anilines is 1. The lowest BCUT2D eigenvalue weighted by Crippen LogP contribution is -2.42. The van der Waals surface area contributed by atoms with Gasteiger partial charge >= 0.3 is 6.18 Å². The number of amides is 1. The molecular formula is C27H24BrClF3N3O2. The SMILES string of the molecule is COCN(C(=O)CN1CC(C)(c2ccccc2)C(c2ccc(C(F)(F)F)c(Cl)c2)=N1)c1ccc(Br)cc1. The number of hydrogen-bond donors (Lipinski definition) is 0. The number of carbonyl (C=O) groups is 1. The van der Waals surface area contributed by atoms with Gasteiger partial charge in [0, 0.05) is 22.8 Å². The molecule has 10 heteroatoms. The molecule has 37 heavy (non-hydrogen) atoms. The number of methoxy groups -OCH3 is 1. The summed E-state index contributed by atoms with van der Waals surface area (Å²) in [6, 6.07) is 20.4. The number of hydrogen-bond acceptors (Lipinski definition) is 4. The van der Waals surface area contributed by atoms with Crippen LogP contribution < -0.4 is 4.90 Å². The van der Waals surface area contributed by atoms with E-state index in [2.05, 4.69) is 15.9 Å². The van der Waals surface area contributed by atoms with E-state index < -0.39 is 22.2 Å². The van der Waals surface area contributed by atoms with Crippen LogP contribution in [0.4, 0.5) is 18.9 Å². The molecule has 3 aromatic rings. The maximum atomic E-state index is 13.4. The van der Waals surface area contributed by atoms with Crippen LogP contribution in [-0.4, -0.2) is 43.6 Å². The minimum atomic E-state index is -4.56. The van der Waals surface area contributed by atoms with Crippen molar-refractivity contribution in [2.75, 3.05) is 31.8 Å². The van der Waals surface area contributed by atoms with Crippen LogP contribution >= 0.6 is 27.5 Å². The number of hydrazone groups is 1. The minimum Gasteiger partial charge on any atom is -0.364 e. The molecule has 0 spiro atoms.